The SMILES string of the molecule is C#CCOCCOCCOCCOCCOCCOC(=O)CCC(=O)C(=O)O. The Bertz CT molecular complexity index is 471. The van der Waals surface area contributed by atoms with Crippen LogP contribution in [0.15, 0.2) is 0 Å². The Labute approximate surface area is 164 Å². The van der Waals surface area contributed by atoms with Crippen LogP contribution in [0.5, 0.6) is 0 Å². The lowest BCUT2D eigenvalue weighted by molar-refractivity contribution is -0.151. The van der Waals surface area contributed by atoms with Crippen LogP contribution >= 0.6 is 0 Å². The van der Waals surface area contributed by atoms with Crippen molar-refractivity contribution in [3.8, 4) is 12.3 Å². The predicted molar refractivity (Wildman–Crippen MR) is 95.8 cm³/mol. The zero-order chi connectivity index (χ0) is 20.9. The maximum Gasteiger partial charge on any atom is 0.372 e. The van der Waals surface area contributed by atoms with Crippen LogP contribution in [0, 0.1) is 12.3 Å². The van der Waals surface area contributed by atoms with Gasteiger partial charge < -0.3 is 33.5 Å². The van der Waals surface area contributed by atoms with Crippen LogP contribution in [0.4, 0.5) is 0 Å². The number of carboxylic acid groups (broad SMARTS) is 1. The topological polar surface area (TPSA) is 127 Å². The molecule has 0 saturated carbocycles. The number of ketones is 1. The largest absolute Gasteiger partial charge is 0.476 e. The molecule has 0 unspecified atom stereocenters. The summed E-state index contributed by atoms with van der Waals surface area (Å²) >= 11 is 0. The van der Waals surface area contributed by atoms with Crippen molar-refractivity contribution in [3.63, 3.8) is 0 Å². The van der Waals surface area contributed by atoms with Crippen LogP contribution in [0.1, 0.15) is 12.8 Å². The van der Waals surface area contributed by atoms with Crippen molar-refractivity contribution in [3.05, 3.63) is 0 Å². The van der Waals surface area contributed by atoms with E-state index in [0.29, 0.717) is 52.9 Å². The molecule has 0 aliphatic carbocycles. The summed E-state index contributed by atoms with van der Waals surface area (Å²) in [5.41, 5.74) is 0. The molecule has 0 amide bonds. The zero-order valence-electron chi connectivity index (χ0n) is 15.9. The van der Waals surface area contributed by atoms with Gasteiger partial charge in [-0.3, -0.25) is 9.59 Å². The zero-order valence-corrected chi connectivity index (χ0v) is 15.9. The fraction of sp³-hybridized carbons (Fsp3) is 0.722. The third-order valence-corrected chi connectivity index (χ3v) is 2.96. The number of hydrogen-bond donors (Lipinski definition) is 1. The van der Waals surface area contributed by atoms with Crippen LogP contribution in [-0.2, 0) is 42.8 Å². The molecule has 10 heteroatoms. The molecule has 0 bridgehead atoms. The van der Waals surface area contributed by atoms with Crippen LogP contribution in [0.2, 0.25) is 0 Å². The third kappa shape index (κ3) is 18.8. The number of ether oxygens (including phenoxy) is 6. The van der Waals surface area contributed by atoms with Gasteiger partial charge in [0.1, 0.15) is 13.2 Å². The van der Waals surface area contributed by atoms with Gasteiger partial charge in [0.15, 0.2) is 0 Å². The summed E-state index contributed by atoms with van der Waals surface area (Å²) < 4.78 is 30.9. The predicted octanol–water partition coefficient (Wildman–Crippen LogP) is -0.320. The fourth-order valence-corrected chi connectivity index (χ4v) is 1.62. The second-order valence-electron chi connectivity index (χ2n) is 5.15. The van der Waals surface area contributed by atoms with Gasteiger partial charge in [-0.05, 0) is 0 Å². The average molecular weight is 404 g/mol. The van der Waals surface area contributed by atoms with E-state index in [4.69, 9.17) is 40.0 Å². The first-order chi connectivity index (χ1) is 13.6. The number of rotatable bonds is 20. The van der Waals surface area contributed by atoms with Crippen molar-refractivity contribution >= 4 is 17.7 Å². The van der Waals surface area contributed by atoms with Crippen LogP contribution < -0.4 is 0 Å². The molecule has 1 N–H and O–H groups in total. The van der Waals surface area contributed by atoms with E-state index >= 15 is 0 Å². The van der Waals surface area contributed by atoms with E-state index in [1.807, 2.05) is 0 Å². The lowest BCUT2D eigenvalue weighted by Crippen LogP contribution is -2.17. The molecule has 0 radical (unpaired) electrons. The molecule has 0 aromatic rings. The first kappa shape index (κ1) is 26.0. The van der Waals surface area contributed by atoms with Gasteiger partial charge in [-0.2, -0.15) is 0 Å². The number of aliphatic carboxylic acids is 1. The van der Waals surface area contributed by atoms with Gasteiger partial charge in [-0.25, -0.2) is 4.79 Å². The molecule has 28 heavy (non-hydrogen) atoms. The van der Waals surface area contributed by atoms with Crippen molar-refractivity contribution in [2.24, 2.45) is 0 Å². The van der Waals surface area contributed by atoms with Crippen molar-refractivity contribution < 1.29 is 47.9 Å². The molecule has 0 aliphatic rings. The number of carboxylic acids is 1. The monoisotopic (exact) mass is 404 g/mol. The summed E-state index contributed by atoms with van der Waals surface area (Å²) in [5.74, 6) is -0.861. The Balaban J connectivity index is 3.19. The van der Waals surface area contributed by atoms with E-state index in [1.54, 1.807) is 0 Å². The van der Waals surface area contributed by atoms with Crippen molar-refractivity contribution in [2.45, 2.75) is 12.8 Å². The maximum absolute atomic E-state index is 11.2. The highest BCUT2D eigenvalue weighted by Gasteiger charge is 2.14. The molecule has 0 saturated heterocycles. The van der Waals surface area contributed by atoms with Gasteiger partial charge in [0, 0.05) is 6.42 Å². The lowest BCUT2D eigenvalue weighted by Gasteiger charge is -2.08. The molecular formula is C18H28O10. The summed E-state index contributed by atoms with van der Waals surface area (Å²) in [7, 11) is 0. The minimum Gasteiger partial charge on any atom is -0.476 e. The number of esters is 1. The normalized spacial score (nSPS) is 10.4. The Hall–Kier alpha value is -2.03. The second-order valence-corrected chi connectivity index (χ2v) is 5.15. The second kappa shape index (κ2) is 19.7. The van der Waals surface area contributed by atoms with Crippen molar-refractivity contribution in [1.29, 1.82) is 0 Å². The summed E-state index contributed by atoms with van der Waals surface area (Å²) in [5, 5.41) is 8.37. The average Bonchev–Trinajstić information content (AvgIpc) is 2.68. The van der Waals surface area contributed by atoms with Gasteiger partial charge in [0.2, 0.25) is 5.78 Å². The summed E-state index contributed by atoms with van der Waals surface area (Å²) in [6.45, 7) is 3.88. The van der Waals surface area contributed by atoms with E-state index in [9.17, 15) is 14.4 Å². The third-order valence-electron chi connectivity index (χ3n) is 2.96. The van der Waals surface area contributed by atoms with Crippen molar-refractivity contribution in [2.75, 3.05) is 72.7 Å². The summed E-state index contributed by atoms with van der Waals surface area (Å²) in [6.07, 6.45) is 4.39. The Morgan fingerprint density at radius 2 is 1.11 bits per heavy atom. The fourth-order valence-electron chi connectivity index (χ4n) is 1.62. The number of hydrogen-bond acceptors (Lipinski definition) is 9. The molecule has 0 fully saturated rings. The molecule has 10 nitrogen and oxygen atoms in total. The Morgan fingerprint density at radius 3 is 1.54 bits per heavy atom. The van der Waals surface area contributed by atoms with Gasteiger partial charge >= 0.3 is 11.9 Å². The Morgan fingerprint density at radius 1 is 0.679 bits per heavy atom. The first-order valence-corrected chi connectivity index (χ1v) is 8.81. The highest BCUT2D eigenvalue weighted by atomic mass is 16.6. The molecule has 0 atom stereocenters. The number of carbonyl (C=O) groups is 3. The highest BCUT2D eigenvalue weighted by Crippen LogP contribution is 1.95. The van der Waals surface area contributed by atoms with E-state index < -0.39 is 17.7 Å². The molecule has 0 spiro atoms. The standard InChI is InChI=1S/C18H28O10/c1-2-5-23-6-7-24-8-9-25-10-11-26-12-13-27-14-15-28-17(20)4-3-16(19)18(21)22/h1H,3-15H2,(H,21,22). The summed E-state index contributed by atoms with van der Waals surface area (Å²) in [6, 6.07) is 0. The van der Waals surface area contributed by atoms with E-state index in [0.717, 1.165) is 0 Å². The molecule has 0 heterocycles. The first-order valence-electron chi connectivity index (χ1n) is 8.81. The maximum atomic E-state index is 11.2. The highest BCUT2D eigenvalue weighted by molar-refractivity contribution is 6.32. The summed E-state index contributed by atoms with van der Waals surface area (Å²) in [4.78, 5) is 32.3. The quantitative estimate of drug-likeness (QED) is 0.125. The van der Waals surface area contributed by atoms with Gasteiger partial charge in [0.05, 0.1) is 65.9 Å². The van der Waals surface area contributed by atoms with Gasteiger partial charge in [-0.15, -0.1) is 6.42 Å². The lowest BCUT2D eigenvalue weighted by atomic mass is 10.2. The van der Waals surface area contributed by atoms with Gasteiger partial charge in [0.25, 0.3) is 0 Å². The number of terminal acetylenes is 1. The van der Waals surface area contributed by atoms with Crippen LogP contribution in [0.25, 0.3) is 0 Å². The van der Waals surface area contributed by atoms with Crippen LogP contribution in [0.3, 0.4) is 0 Å². The minimum atomic E-state index is -1.56. The van der Waals surface area contributed by atoms with E-state index in [-0.39, 0.29) is 32.7 Å². The minimum absolute atomic E-state index is 0.0248. The van der Waals surface area contributed by atoms with Crippen LogP contribution in [-0.4, -0.2) is 95.5 Å². The molecule has 0 aromatic carbocycles. The van der Waals surface area contributed by atoms with Crippen molar-refractivity contribution in [1.82, 2.24) is 0 Å². The van der Waals surface area contributed by atoms with Gasteiger partial charge in [-0.1, -0.05) is 5.92 Å². The molecule has 0 aliphatic heterocycles. The number of carbonyl (C=O) groups excluding carboxylic acids is 2. The molecule has 160 valence electrons. The number of Topliss-reactive ketones (excluding diaryl/α,β-unsaturated/α-hetero) is 1. The molecule has 0 rings (SSSR count). The smallest absolute Gasteiger partial charge is 0.372 e. The molecule has 0 aromatic heterocycles. The molecular weight excluding hydrogens is 376 g/mol. The van der Waals surface area contributed by atoms with E-state index in [2.05, 4.69) is 5.92 Å². The van der Waals surface area contributed by atoms with E-state index in [1.165, 1.54) is 0 Å². The Kier molecular flexibility index (Phi) is 18.3.